The summed E-state index contributed by atoms with van der Waals surface area (Å²) in [6.45, 7) is 6.06. The van der Waals surface area contributed by atoms with Crippen LogP contribution in [0.4, 0.5) is 0 Å². The van der Waals surface area contributed by atoms with Gasteiger partial charge >= 0.3 is 0 Å². The fourth-order valence-electron chi connectivity index (χ4n) is 1.89. The third-order valence-corrected chi connectivity index (χ3v) is 4.41. The molecule has 0 amide bonds. The van der Waals surface area contributed by atoms with Crippen molar-refractivity contribution in [3.8, 4) is 0 Å². The summed E-state index contributed by atoms with van der Waals surface area (Å²) in [5.74, 6) is 1.19. The van der Waals surface area contributed by atoms with Crippen molar-refractivity contribution in [2.75, 3.05) is 0 Å². The number of thioether (sulfide) groups is 1. The highest BCUT2D eigenvalue weighted by Gasteiger charge is 2.22. The van der Waals surface area contributed by atoms with Gasteiger partial charge in [-0.1, -0.05) is 19.8 Å². The summed E-state index contributed by atoms with van der Waals surface area (Å²) < 4.78 is 0. The van der Waals surface area contributed by atoms with Crippen LogP contribution in [0.1, 0.15) is 46.5 Å². The second-order valence-electron chi connectivity index (χ2n) is 4.28. The van der Waals surface area contributed by atoms with E-state index in [2.05, 4.69) is 6.92 Å². The SMILES string of the molecule is CC(=O)C(C)SC1CCCC(C)C1. The molecule has 1 saturated carbocycles. The van der Waals surface area contributed by atoms with E-state index in [9.17, 15) is 4.79 Å². The summed E-state index contributed by atoms with van der Waals surface area (Å²) in [6, 6.07) is 0. The van der Waals surface area contributed by atoms with Crippen molar-refractivity contribution in [1.82, 2.24) is 0 Å². The van der Waals surface area contributed by atoms with E-state index in [1.54, 1.807) is 6.92 Å². The fraction of sp³-hybridized carbons (Fsp3) is 0.909. The Morgan fingerprint density at radius 1 is 1.46 bits per heavy atom. The van der Waals surface area contributed by atoms with Gasteiger partial charge in [-0.2, -0.15) is 0 Å². The number of hydrogen-bond donors (Lipinski definition) is 0. The molecule has 1 fully saturated rings. The molecule has 0 aromatic carbocycles. The van der Waals surface area contributed by atoms with Crippen molar-refractivity contribution in [2.45, 2.75) is 57.0 Å². The molecule has 0 spiro atoms. The van der Waals surface area contributed by atoms with Gasteiger partial charge in [0.25, 0.3) is 0 Å². The van der Waals surface area contributed by atoms with Gasteiger partial charge in [-0.05, 0) is 32.6 Å². The van der Waals surface area contributed by atoms with Gasteiger partial charge in [0, 0.05) is 5.25 Å². The molecular weight excluding hydrogens is 180 g/mol. The molecule has 0 aromatic rings. The van der Waals surface area contributed by atoms with Gasteiger partial charge < -0.3 is 0 Å². The highest BCUT2D eigenvalue weighted by Crippen LogP contribution is 2.34. The van der Waals surface area contributed by atoms with Gasteiger partial charge in [-0.3, -0.25) is 4.79 Å². The minimum absolute atomic E-state index is 0.204. The standard InChI is InChI=1S/C11H20OS/c1-8-5-4-6-11(7-8)13-10(3)9(2)12/h8,10-11H,4-7H2,1-3H3. The largest absolute Gasteiger partial charge is 0.299 e. The fourth-order valence-corrected chi connectivity index (χ4v) is 3.40. The number of carbonyl (C=O) groups excluding carboxylic acids is 1. The second-order valence-corrected chi connectivity index (χ2v) is 5.93. The lowest BCUT2D eigenvalue weighted by Crippen LogP contribution is -2.20. The first-order valence-corrected chi connectivity index (χ1v) is 6.19. The van der Waals surface area contributed by atoms with E-state index in [1.807, 2.05) is 18.7 Å². The maximum Gasteiger partial charge on any atom is 0.142 e. The van der Waals surface area contributed by atoms with Crippen molar-refractivity contribution >= 4 is 17.5 Å². The van der Waals surface area contributed by atoms with Crippen molar-refractivity contribution < 1.29 is 4.79 Å². The normalized spacial score (nSPS) is 31.3. The second kappa shape index (κ2) is 5.04. The van der Waals surface area contributed by atoms with E-state index in [4.69, 9.17) is 0 Å². The Hall–Kier alpha value is 0.0200. The zero-order chi connectivity index (χ0) is 9.84. The number of Topliss-reactive ketones (excluding diaryl/α,β-unsaturated/α-hetero) is 1. The van der Waals surface area contributed by atoms with Crippen LogP contribution < -0.4 is 0 Å². The monoisotopic (exact) mass is 200 g/mol. The molecule has 0 aliphatic heterocycles. The van der Waals surface area contributed by atoms with Gasteiger partial charge in [0.2, 0.25) is 0 Å². The number of carbonyl (C=O) groups is 1. The van der Waals surface area contributed by atoms with Crippen LogP contribution in [0.25, 0.3) is 0 Å². The van der Waals surface area contributed by atoms with Gasteiger partial charge in [0.1, 0.15) is 5.78 Å². The van der Waals surface area contributed by atoms with Crippen LogP contribution >= 0.6 is 11.8 Å². The predicted molar refractivity (Wildman–Crippen MR) is 59.2 cm³/mol. The molecule has 0 N–H and O–H groups in total. The average Bonchev–Trinajstić information content (AvgIpc) is 2.04. The Morgan fingerprint density at radius 2 is 2.15 bits per heavy atom. The molecule has 1 aliphatic rings. The Morgan fingerprint density at radius 3 is 2.69 bits per heavy atom. The molecule has 2 heteroatoms. The van der Waals surface area contributed by atoms with E-state index in [-0.39, 0.29) is 5.25 Å². The first-order chi connectivity index (χ1) is 6.09. The molecule has 1 aliphatic carbocycles. The van der Waals surface area contributed by atoms with E-state index in [0.29, 0.717) is 5.78 Å². The first kappa shape index (κ1) is 11.1. The lowest BCUT2D eigenvalue weighted by molar-refractivity contribution is -0.116. The minimum Gasteiger partial charge on any atom is -0.299 e. The number of ketones is 1. The van der Waals surface area contributed by atoms with E-state index in [1.165, 1.54) is 25.7 Å². The Labute approximate surface area is 85.7 Å². The minimum atomic E-state index is 0.204. The quantitative estimate of drug-likeness (QED) is 0.695. The Balaban J connectivity index is 2.31. The highest BCUT2D eigenvalue weighted by molar-refractivity contribution is 8.01. The summed E-state index contributed by atoms with van der Waals surface area (Å²) in [7, 11) is 0. The summed E-state index contributed by atoms with van der Waals surface area (Å²) >= 11 is 1.88. The van der Waals surface area contributed by atoms with E-state index < -0.39 is 0 Å². The van der Waals surface area contributed by atoms with Gasteiger partial charge in [-0.25, -0.2) is 0 Å². The lowest BCUT2D eigenvalue weighted by atomic mass is 9.91. The van der Waals surface area contributed by atoms with Crippen LogP contribution in [-0.4, -0.2) is 16.3 Å². The Kier molecular flexibility index (Phi) is 4.30. The predicted octanol–water partition coefficient (Wildman–Crippen LogP) is 3.28. The Bertz CT molecular complexity index is 179. The molecule has 0 saturated heterocycles. The molecule has 0 radical (unpaired) electrons. The summed E-state index contributed by atoms with van der Waals surface area (Å²) in [6.07, 6.45) is 5.35. The first-order valence-electron chi connectivity index (χ1n) is 5.25. The lowest BCUT2D eigenvalue weighted by Gasteiger charge is -2.27. The van der Waals surface area contributed by atoms with Gasteiger partial charge in [0.05, 0.1) is 5.25 Å². The average molecular weight is 200 g/mol. The molecule has 0 aromatic heterocycles. The van der Waals surface area contributed by atoms with Crippen LogP contribution in [0.2, 0.25) is 0 Å². The molecule has 0 bridgehead atoms. The summed E-state index contributed by atoms with van der Waals surface area (Å²) in [5, 5.41) is 0.943. The van der Waals surface area contributed by atoms with Crippen LogP contribution in [0.3, 0.4) is 0 Å². The topological polar surface area (TPSA) is 17.1 Å². The van der Waals surface area contributed by atoms with Gasteiger partial charge in [0.15, 0.2) is 0 Å². The maximum absolute atomic E-state index is 11.1. The van der Waals surface area contributed by atoms with Crippen molar-refractivity contribution in [3.63, 3.8) is 0 Å². The van der Waals surface area contributed by atoms with Crippen LogP contribution in [-0.2, 0) is 4.79 Å². The summed E-state index contributed by atoms with van der Waals surface area (Å²) in [4.78, 5) is 11.1. The summed E-state index contributed by atoms with van der Waals surface area (Å²) in [5.41, 5.74) is 0. The van der Waals surface area contributed by atoms with Crippen LogP contribution in [0.15, 0.2) is 0 Å². The molecule has 76 valence electrons. The molecule has 1 nitrogen and oxygen atoms in total. The van der Waals surface area contributed by atoms with Crippen molar-refractivity contribution in [3.05, 3.63) is 0 Å². The maximum atomic E-state index is 11.1. The van der Waals surface area contributed by atoms with Crippen molar-refractivity contribution in [1.29, 1.82) is 0 Å². The zero-order valence-electron chi connectivity index (χ0n) is 8.88. The molecule has 1 rings (SSSR count). The number of rotatable bonds is 3. The van der Waals surface area contributed by atoms with Crippen LogP contribution in [0, 0.1) is 5.92 Å². The van der Waals surface area contributed by atoms with Crippen molar-refractivity contribution in [2.24, 2.45) is 5.92 Å². The smallest absolute Gasteiger partial charge is 0.142 e. The zero-order valence-corrected chi connectivity index (χ0v) is 9.69. The third kappa shape index (κ3) is 3.72. The molecule has 3 atom stereocenters. The highest BCUT2D eigenvalue weighted by atomic mass is 32.2. The molecule has 13 heavy (non-hydrogen) atoms. The number of hydrogen-bond acceptors (Lipinski definition) is 2. The van der Waals surface area contributed by atoms with Gasteiger partial charge in [-0.15, -0.1) is 11.8 Å². The van der Waals surface area contributed by atoms with E-state index in [0.717, 1.165) is 11.2 Å². The molecule has 3 unspecified atom stereocenters. The van der Waals surface area contributed by atoms with Crippen LogP contribution in [0.5, 0.6) is 0 Å². The van der Waals surface area contributed by atoms with E-state index >= 15 is 0 Å². The molecule has 0 heterocycles. The molecular formula is C11H20OS. The third-order valence-electron chi connectivity index (χ3n) is 2.86.